The number of hydrogen-bond acceptors (Lipinski definition) is 3. The molecule has 2 rings (SSSR count). The van der Waals surface area contributed by atoms with Crippen LogP contribution >= 0.6 is 24.8 Å². The van der Waals surface area contributed by atoms with Crippen LogP contribution in [0.5, 0.6) is 0 Å². The van der Waals surface area contributed by atoms with Gasteiger partial charge in [0, 0.05) is 31.5 Å². The Labute approximate surface area is 120 Å². The van der Waals surface area contributed by atoms with Crippen molar-refractivity contribution in [3.8, 4) is 0 Å². The highest BCUT2D eigenvalue weighted by molar-refractivity contribution is 5.94. The van der Waals surface area contributed by atoms with Gasteiger partial charge in [-0.15, -0.1) is 24.8 Å². The molecule has 0 unspecified atom stereocenters. The maximum Gasteiger partial charge on any atom is 0.255 e. The highest BCUT2D eigenvalue weighted by Crippen LogP contribution is 2.12. The Kier molecular flexibility index (Phi) is 7.21. The van der Waals surface area contributed by atoms with E-state index < -0.39 is 0 Å². The minimum Gasteiger partial charge on any atom is -0.338 e. The Morgan fingerprint density at radius 1 is 1.33 bits per heavy atom. The van der Waals surface area contributed by atoms with Crippen LogP contribution in [0.25, 0.3) is 0 Å². The van der Waals surface area contributed by atoms with Crippen LogP contribution in [0.2, 0.25) is 0 Å². The average Bonchev–Trinajstić information content (AvgIpc) is 2.29. The molecule has 4 nitrogen and oxygen atoms in total. The third kappa shape index (κ3) is 4.12. The van der Waals surface area contributed by atoms with E-state index in [9.17, 15) is 4.79 Å². The molecule has 1 saturated heterocycles. The van der Waals surface area contributed by atoms with Crippen molar-refractivity contribution in [1.29, 1.82) is 0 Å². The standard InChI is InChI=1S/C12H17N3O.2ClH/c1-9-6-10(8-14-7-9)12(16)15-4-2-11(13)3-5-15;;/h6-8,11H,2-5,13H2,1H3;2*1H. The van der Waals surface area contributed by atoms with Gasteiger partial charge in [-0.1, -0.05) is 0 Å². The normalized spacial score (nSPS) is 15.6. The quantitative estimate of drug-likeness (QED) is 0.858. The van der Waals surface area contributed by atoms with Crippen LogP contribution in [0, 0.1) is 6.92 Å². The van der Waals surface area contributed by atoms with Crippen LogP contribution in [-0.2, 0) is 0 Å². The molecule has 1 fully saturated rings. The topological polar surface area (TPSA) is 59.2 Å². The molecule has 0 aliphatic carbocycles. The highest BCUT2D eigenvalue weighted by atomic mass is 35.5. The number of aromatic nitrogens is 1. The summed E-state index contributed by atoms with van der Waals surface area (Å²) in [5, 5.41) is 0. The molecule has 2 N–H and O–H groups in total. The fourth-order valence-electron chi connectivity index (χ4n) is 1.96. The maximum atomic E-state index is 12.1. The van der Waals surface area contributed by atoms with Crippen molar-refractivity contribution in [2.24, 2.45) is 5.73 Å². The Hall–Kier alpha value is -0.840. The lowest BCUT2D eigenvalue weighted by Crippen LogP contribution is -2.42. The number of nitrogens with zero attached hydrogens (tertiary/aromatic N) is 2. The number of carbonyl (C=O) groups is 1. The zero-order valence-corrected chi connectivity index (χ0v) is 12.0. The SMILES string of the molecule is Cc1cncc(C(=O)N2CCC(N)CC2)c1.Cl.Cl. The van der Waals surface area contributed by atoms with Gasteiger partial charge in [-0.05, 0) is 31.4 Å². The Balaban J connectivity index is 0.00000144. The van der Waals surface area contributed by atoms with Gasteiger partial charge in [-0.25, -0.2) is 0 Å². The Morgan fingerprint density at radius 3 is 2.50 bits per heavy atom. The van der Waals surface area contributed by atoms with Crippen molar-refractivity contribution in [2.75, 3.05) is 13.1 Å². The second-order valence-corrected chi connectivity index (χ2v) is 4.38. The van der Waals surface area contributed by atoms with Gasteiger partial charge in [-0.3, -0.25) is 9.78 Å². The fourth-order valence-corrected chi connectivity index (χ4v) is 1.96. The lowest BCUT2D eigenvalue weighted by atomic mass is 10.1. The van der Waals surface area contributed by atoms with Crippen LogP contribution in [0.4, 0.5) is 0 Å². The third-order valence-corrected chi connectivity index (χ3v) is 2.95. The third-order valence-electron chi connectivity index (χ3n) is 2.95. The number of hydrogen-bond donors (Lipinski definition) is 1. The molecule has 0 radical (unpaired) electrons. The zero-order chi connectivity index (χ0) is 11.5. The summed E-state index contributed by atoms with van der Waals surface area (Å²) in [7, 11) is 0. The summed E-state index contributed by atoms with van der Waals surface area (Å²) in [6.07, 6.45) is 5.17. The first kappa shape index (κ1) is 17.2. The highest BCUT2D eigenvalue weighted by Gasteiger charge is 2.21. The first-order chi connectivity index (χ1) is 7.66. The summed E-state index contributed by atoms with van der Waals surface area (Å²) < 4.78 is 0. The molecule has 1 aliphatic heterocycles. The summed E-state index contributed by atoms with van der Waals surface area (Å²) in [5.41, 5.74) is 7.50. The van der Waals surface area contributed by atoms with Gasteiger partial charge in [0.25, 0.3) is 5.91 Å². The van der Waals surface area contributed by atoms with E-state index in [1.165, 1.54) is 0 Å². The summed E-state index contributed by atoms with van der Waals surface area (Å²) >= 11 is 0. The molecular weight excluding hydrogens is 273 g/mol. The van der Waals surface area contributed by atoms with Gasteiger partial charge in [0.2, 0.25) is 0 Å². The predicted molar refractivity (Wildman–Crippen MR) is 76.6 cm³/mol. The predicted octanol–water partition coefficient (Wildman–Crippen LogP) is 1.80. The molecule has 18 heavy (non-hydrogen) atoms. The largest absolute Gasteiger partial charge is 0.338 e. The lowest BCUT2D eigenvalue weighted by Gasteiger charge is -2.30. The van der Waals surface area contributed by atoms with Gasteiger partial charge >= 0.3 is 0 Å². The summed E-state index contributed by atoms with van der Waals surface area (Å²) in [5.74, 6) is 0.0723. The van der Waals surface area contributed by atoms with Crippen molar-refractivity contribution < 1.29 is 4.79 Å². The summed E-state index contributed by atoms with van der Waals surface area (Å²) in [6, 6.07) is 2.13. The molecule has 1 aromatic heterocycles. The average molecular weight is 292 g/mol. The van der Waals surface area contributed by atoms with Crippen molar-refractivity contribution in [3.05, 3.63) is 29.6 Å². The van der Waals surface area contributed by atoms with Crippen molar-refractivity contribution in [1.82, 2.24) is 9.88 Å². The van der Waals surface area contributed by atoms with Crippen LogP contribution in [-0.4, -0.2) is 34.9 Å². The van der Waals surface area contributed by atoms with Gasteiger partial charge in [-0.2, -0.15) is 0 Å². The monoisotopic (exact) mass is 291 g/mol. The molecule has 6 heteroatoms. The summed E-state index contributed by atoms with van der Waals surface area (Å²) in [4.78, 5) is 18.0. The number of nitrogens with two attached hydrogens (primary N) is 1. The Bertz CT molecular complexity index is 393. The van der Waals surface area contributed by atoms with E-state index >= 15 is 0 Å². The van der Waals surface area contributed by atoms with E-state index in [0.717, 1.165) is 31.5 Å². The molecular formula is C12H19Cl2N3O. The molecule has 1 aliphatic rings. The molecule has 0 spiro atoms. The minimum atomic E-state index is 0. The number of likely N-dealkylation sites (tertiary alicyclic amines) is 1. The maximum absolute atomic E-state index is 12.1. The van der Waals surface area contributed by atoms with Gasteiger partial charge in [0.1, 0.15) is 0 Å². The van der Waals surface area contributed by atoms with Crippen molar-refractivity contribution in [3.63, 3.8) is 0 Å². The molecule has 0 atom stereocenters. The van der Waals surface area contributed by atoms with E-state index in [0.29, 0.717) is 5.56 Å². The number of piperidine rings is 1. The van der Waals surface area contributed by atoms with Gasteiger partial charge in [0.05, 0.1) is 5.56 Å². The smallest absolute Gasteiger partial charge is 0.255 e. The van der Waals surface area contributed by atoms with Crippen LogP contribution in [0.3, 0.4) is 0 Å². The molecule has 0 saturated carbocycles. The van der Waals surface area contributed by atoms with E-state index in [-0.39, 0.29) is 36.8 Å². The van der Waals surface area contributed by atoms with E-state index in [4.69, 9.17) is 5.73 Å². The van der Waals surface area contributed by atoms with E-state index in [1.807, 2.05) is 17.9 Å². The van der Waals surface area contributed by atoms with Crippen LogP contribution in [0.1, 0.15) is 28.8 Å². The first-order valence-corrected chi connectivity index (χ1v) is 5.63. The van der Waals surface area contributed by atoms with Crippen LogP contribution < -0.4 is 5.73 Å². The summed E-state index contributed by atoms with van der Waals surface area (Å²) in [6.45, 7) is 3.46. The van der Waals surface area contributed by atoms with Gasteiger partial charge < -0.3 is 10.6 Å². The number of rotatable bonds is 1. The first-order valence-electron chi connectivity index (χ1n) is 5.63. The van der Waals surface area contributed by atoms with Crippen molar-refractivity contribution >= 4 is 30.7 Å². The van der Waals surface area contributed by atoms with Crippen LogP contribution in [0.15, 0.2) is 18.5 Å². The number of carbonyl (C=O) groups excluding carboxylic acids is 1. The number of halogens is 2. The van der Waals surface area contributed by atoms with E-state index in [2.05, 4.69) is 4.98 Å². The molecule has 102 valence electrons. The molecule has 0 bridgehead atoms. The second-order valence-electron chi connectivity index (χ2n) is 4.38. The molecule has 1 amide bonds. The van der Waals surface area contributed by atoms with Crippen molar-refractivity contribution in [2.45, 2.75) is 25.8 Å². The number of aryl methyl sites for hydroxylation is 1. The minimum absolute atomic E-state index is 0. The second kappa shape index (κ2) is 7.56. The fraction of sp³-hybridized carbons (Fsp3) is 0.500. The Morgan fingerprint density at radius 2 is 1.94 bits per heavy atom. The number of pyridine rings is 1. The number of amides is 1. The molecule has 0 aromatic carbocycles. The van der Waals surface area contributed by atoms with E-state index in [1.54, 1.807) is 12.4 Å². The zero-order valence-electron chi connectivity index (χ0n) is 10.3. The molecule has 1 aromatic rings. The molecule has 2 heterocycles. The van der Waals surface area contributed by atoms with Gasteiger partial charge in [0.15, 0.2) is 0 Å². The lowest BCUT2D eigenvalue weighted by molar-refractivity contribution is 0.0714.